The lowest BCUT2D eigenvalue weighted by Gasteiger charge is -2.32. The van der Waals surface area contributed by atoms with Crippen molar-refractivity contribution >= 4 is 5.91 Å². The predicted molar refractivity (Wildman–Crippen MR) is 70.0 cm³/mol. The lowest BCUT2D eigenvalue weighted by atomic mass is 10.0. The molecule has 1 atom stereocenters. The lowest BCUT2D eigenvalue weighted by Crippen LogP contribution is -2.44. The van der Waals surface area contributed by atoms with E-state index in [1.165, 1.54) is 0 Å². The maximum atomic E-state index is 12.3. The van der Waals surface area contributed by atoms with Crippen LogP contribution in [0.25, 0.3) is 0 Å². The molecule has 1 aliphatic heterocycles. The molecule has 1 saturated heterocycles. The number of carbonyl (C=O) groups excluding carboxylic acids is 1. The van der Waals surface area contributed by atoms with Crippen molar-refractivity contribution in [1.29, 1.82) is 0 Å². The fraction of sp³-hybridized carbons (Fsp3) is 0.500. The van der Waals surface area contributed by atoms with Crippen LogP contribution < -0.4 is 5.73 Å². The molecule has 0 saturated carbocycles. The molecule has 1 fully saturated rings. The molecule has 0 spiro atoms. The minimum absolute atomic E-state index is 0.00996. The number of piperidine rings is 1. The highest BCUT2D eigenvalue weighted by atomic mass is 16.5. The van der Waals surface area contributed by atoms with Crippen molar-refractivity contribution in [3.63, 3.8) is 0 Å². The van der Waals surface area contributed by atoms with E-state index in [1.54, 1.807) is 7.11 Å². The third kappa shape index (κ3) is 2.89. The number of benzene rings is 1. The second-order valence-electron chi connectivity index (χ2n) is 4.65. The van der Waals surface area contributed by atoms with Crippen molar-refractivity contribution < 1.29 is 9.53 Å². The summed E-state index contributed by atoms with van der Waals surface area (Å²) in [6.07, 6.45) is 2.06. The van der Waals surface area contributed by atoms with Crippen LogP contribution in [0.15, 0.2) is 30.3 Å². The van der Waals surface area contributed by atoms with E-state index in [2.05, 4.69) is 0 Å². The van der Waals surface area contributed by atoms with Gasteiger partial charge in [-0.3, -0.25) is 4.79 Å². The van der Waals surface area contributed by atoms with Gasteiger partial charge in [0.25, 0.3) is 0 Å². The molecule has 1 amide bonds. The van der Waals surface area contributed by atoms with Crippen LogP contribution in [-0.2, 0) is 9.53 Å². The molecular formula is C14H20N2O2. The van der Waals surface area contributed by atoms with Gasteiger partial charge in [0, 0.05) is 20.2 Å². The molecule has 0 aromatic heterocycles. The highest BCUT2D eigenvalue weighted by molar-refractivity contribution is 5.83. The Bertz CT molecular complexity index is 386. The Labute approximate surface area is 108 Å². The second-order valence-corrected chi connectivity index (χ2v) is 4.65. The van der Waals surface area contributed by atoms with Crippen molar-refractivity contribution in [1.82, 2.24) is 4.90 Å². The summed E-state index contributed by atoms with van der Waals surface area (Å²) in [4.78, 5) is 14.1. The molecule has 2 N–H and O–H groups in total. The van der Waals surface area contributed by atoms with E-state index < -0.39 is 6.04 Å². The fourth-order valence-electron chi connectivity index (χ4n) is 2.31. The van der Waals surface area contributed by atoms with Crippen LogP contribution in [0.5, 0.6) is 0 Å². The number of nitrogens with zero attached hydrogens (tertiary/aromatic N) is 1. The summed E-state index contributed by atoms with van der Waals surface area (Å²) in [6, 6.07) is 8.96. The Morgan fingerprint density at radius 2 is 1.94 bits per heavy atom. The zero-order valence-corrected chi connectivity index (χ0v) is 10.7. The minimum Gasteiger partial charge on any atom is -0.381 e. The van der Waals surface area contributed by atoms with E-state index in [4.69, 9.17) is 10.5 Å². The van der Waals surface area contributed by atoms with E-state index >= 15 is 0 Å². The van der Waals surface area contributed by atoms with Gasteiger partial charge in [-0.15, -0.1) is 0 Å². The first-order valence-corrected chi connectivity index (χ1v) is 6.34. The maximum absolute atomic E-state index is 12.3. The molecule has 0 aliphatic carbocycles. The Hall–Kier alpha value is -1.39. The molecule has 0 radical (unpaired) electrons. The Balaban J connectivity index is 1.96. The van der Waals surface area contributed by atoms with E-state index in [9.17, 15) is 4.79 Å². The summed E-state index contributed by atoms with van der Waals surface area (Å²) in [5.74, 6) is 0.00996. The quantitative estimate of drug-likeness (QED) is 0.878. The van der Waals surface area contributed by atoms with Gasteiger partial charge in [0.05, 0.1) is 6.10 Å². The summed E-state index contributed by atoms with van der Waals surface area (Å²) in [5.41, 5.74) is 6.89. The van der Waals surface area contributed by atoms with Gasteiger partial charge in [-0.2, -0.15) is 0 Å². The average Bonchev–Trinajstić information content (AvgIpc) is 2.47. The summed E-state index contributed by atoms with van der Waals surface area (Å²) < 4.78 is 5.30. The maximum Gasteiger partial charge on any atom is 0.244 e. The number of hydrogen-bond acceptors (Lipinski definition) is 3. The van der Waals surface area contributed by atoms with E-state index in [0.29, 0.717) is 0 Å². The largest absolute Gasteiger partial charge is 0.381 e. The molecular weight excluding hydrogens is 228 g/mol. The molecule has 1 aromatic carbocycles. The van der Waals surface area contributed by atoms with Crippen LogP contribution in [-0.4, -0.2) is 37.1 Å². The lowest BCUT2D eigenvalue weighted by molar-refractivity contribution is -0.135. The van der Waals surface area contributed by atoms with Crippen molar-refractivity contribution in [2.75, 3.05) is 20.2 Å². The number of ether oxygens (including phenoxy) is 1. The normalized spacial score (nSPS) is 18.7. The molecule has 18 heavy (non-hydrogen) atoms. The van der Waals surface area contributed by atoms with Crippen molar-refractivity contribution in [3.8, 4) is 0 Å². The molecule has 2 rings (SSSR count). The van der Waals surface area contributed by atoms with Crippen LogP contribution in [0.4, 0.5) is 0 Å². The zero-order valence-electron chi connectivity index (χ0n) is 10.7. The number of nitrogens with two attached hydrogens (primary N) is 1. The molecule has 0 unspecified atom stereocenters. The smallest absolute Gasteiger partial charge is 0.244 e. The monoisotopic (exact) mass is 248 g/mol. The molecule has 98 valence electrons. The van der Waals surface area contributed by atoms with Crippen molar-refractivity contribution in [2.45, 2.75) is 25.0 Å². The van der Waals surface area contributed by atoms with Crippen LogP contribution in [0, 0.1) is 0 Å². The van der Waals surface area contributed by atoms with Gasteiger partial charge >= 0.3 is 0 Å². The van der Waals surface area contributed by atoms with Crippen LogP contribution >= 0.6 is 0 Å². The molecule has 1 heterocycles. The first-order chi connectivity index (χ1) is 8.72. The molecule has 1 aromatic rings. The Morgan fingerprint density at radius 3 is 2.50 bits per heavy atom. The highest BCUT2D eigenvalue weighted by Crippen LogP contribution is 2.18. The topological polar surface area (TPSA) is 55.6 Å². The van der Waals surface area contributed by atoms with Crippen molar-refractivity contribution in [2.24, 2.45) is 5.73 Å². The van der Waals surface area contributed by atoms with Crippen molar-refractivity contribution in [3.05, 3.63) is 35.9 Å². The molecule has 4 nitrogen and oxygen atoms in total. The van der Waals surface area contributed by atoms with E-state index in [1.807, 2.05) is 35.2 Å². The first kappa shape index (κ1) is 13.1. The molecule has 0 bridgehead atoms. The van der Waals surface area contributed by atoms with Crippen LogP contribution in [0.1, 0.15) is 24.4 Å². The number of rotatable bonds is 3. The predicted octanol–water partition coefficient (Wildman–Crippen LogP) is 1.32. The van der Waals surface area contributed by atoms with Gasteiger partial charge in [0.15, 0.2) is 0 Å². The zero-order chi connectivity index (χ0) is 13.0. The number of likely N-dealkylation sites (tertiary alicyclic amines) is 1. The summed E-state index contributed by atoms with van der Waals surface area (Å²) >= 11 is 0. The van der Waals surface area contributed by atoms with E-state index in [0.717, 1.165) is 31.5 Å². The highest BCUT2D eigenvalue weighted by Gasteiger charge is 2.26. The van der Waals surface area contributed by atoms with Gasteiger partial charge < -0.3 is 15.4 Å². The number of carbonyl (C=O) groups is 1. The fourth-order valence-corrected chi connectivity index (χ4v) is 2.31. The van der Waals surface area contributed by atoms with Gasteiger partial charge in [-0.25, -0.2) is 0 Å². The van der Waals surface area contributed by atoms with Crippen LogP contribution in [0.3, 0.4) is 0 Å². The van der Waals surface area contributed by atoms with Gasteiger partial charge in [0.1, 0.15) is 6.04 Å². The first-order valence-electron chi connectivity index (χ1n) is 6.34. The number of hydrogen-bond donors (Lipinski definition) is 1. The Kier molecular flexibility index (Phi) is 4.33. The summed E-state index contributed by atoms with van der Waals surface area (Å²) in [5, 5.41) is 0. The SMILES string of the molecule is COC1CCN(C(=O)[C@H](N)c2ccccc2)CC1. The third-order valence-electron chi connectivity index (χ3n) is 3.51. The average molecular weight is 248 g/mol. The minimum atomic E-state index is -0.551. The standard InChI is InChI=1S/C14H20N2O2/c1-18-12-7-9-16(10-8-12)14(17)13(15)11-5-3-2-4-6-11/h2-6,12-13H,7-10,15H2,1H3/t13-/m1/s1. The summed E-state index contributed by atoms with van der Waals surface area (Å²) in [6.45, 7) is 1.47. The number of methoxy groups -OCH3 is 1. The van der Waals surface area contributed by atoms with Gasteiger partial charge in [0.2, 0.25) is 5.91 Å². The van der Waals surface area contributed by atoms with Gasteiger partial charge in [-0.05, 0) is 18.4 Å². The molecule has 1 aliphatic rings. The Morgan fingerprint density at radius 1 is 1.33 bits per heavy atom. The van der Waals surface area contributed by atoms with E-state index in [-0.39, 0.29) is 12.0 Å². The van der Waals surface area contributed by atoms with Crippen LogP contribution in [0.2, 0.25) is 0 Å². The third-order valence-corrected chi connectivity index (χ3v) is 3.51. The van der Waals surface area contributed by atoms with Gasteiger partial charge in [-0.1, -0.05) is 30.3 Å². The molecule has 4 heteroatoms. The number of amides is 1. The summed E-state index contributed by atoms with van der Waals surface area (Å²) in [7, 11) is 1.72. The second kappa shape index (κ2) is 5.98.